The summed E-state index contributed by atoms with van der Waals surface area (Å²) in [7, 11) is 3.90. The van der Waals surface area contributed by atoms with Gasteiger partial charge in [-0.1, -0.05) is 6.07 Å². The van der Waals surface area contributed by atoms with E-state index >= 15 is 0 Å². The van der Waals surface area contributed by atoms with Crippen molar-refractivity contribution in [3.63, 3.8) is 0 Å². The predicted octanol–water partition coefficient (Wildman–Crippen LogP) is 0.970. The molecule has 1 atom stereocenters. The molecule has 1 amide bonds. The maximum absolute atomic E-state index is 13.3. The topological polar surface area (TPSA) is 55.8 Å². The third kappa shape index (κ3) is 4.72. The molecule has 1 aromatic rings. The van der Waals surface area contributed by atoms with Crippen LogP contribution in [0.3, 0.4) is 0 Å². The van der Waals surface area contributed by atoms with Crippen molar-refractivity contribution in [2.45, 2.75) is 25.0 Å². The summed E-state index contributed by atoms with van der Waals surface area (Å²) in [6, 6.07) is 3.59. The van der Waals surface area contributed by atoms with Crippen LogP contribution in [0.1, 0.15) is 18.4 Å². The first kappa shape index (κ1) is 18.8. The highest BCUT2D eigenvalue weighted by Crippen LogP contribution is 2.24. The van der Waals surface area contributed by atoms with Gasteiger partial charge in [0.15, 0.2) is 17.2 Å². The Kier molecular flexibility index (Phi) is 6.26. The largest absolute Gasteiger partial charge is 0.379 e. The van der Waals surface area contributed by atoms with Crippen LogP contribution >= 0.6 is 0 Å². The van der Waals surface area contributed by atoms with Crippen LogP contribution < -0.4 is 5.32 Å². The lowest BCUT2D eigenvalue weighted by molar-refractivity contribution is -0.157. The SMILES string of the molecule is CN(C)CCNCC1(O)CCCN(Cc2ccc(F)c(F)c2)C1=O. The van der Waals surface area contributed by atoms with Crippen molar-refractivity contribution in [3.8, 4) is 0 Å². The van der Waals surface area contributed by atoms with Crippen molar-refractivity contribution >= 4 is 5.91 Å². The smallest absolute Gasteiger partial charge is 0.256 e. The highest BCUT2D eigenvalue weighted by molar-refractivity contribution is 5.86. The first-order valence-electron chi connectivity index (χ1n) is 8.13. The number of hydrogen-bond acceptors (Lipinski definition) is 4. The zero-order valence-electron chi connectivity index (χ0n) is 14.2. The number of amides is 1. The monoisotopic (exact) mass is 341 g/mol. The van der Waals surface area contributed by atoms with E-state index in [0.29, 0.717) is 31.5 Å². The highest BCUT2D eigenvalue weighted by atomic mass is 19.2. The first-order valence-corrected chi connectivity index (χ1v) is 8.13. The van der Waals surface area contributed by atoms with E-state index in [0.717, 1.165) is 18.7 Å². The third-order valence-electron chi connectivity index (χ3n) is 4.21. The molecule has 0 saturated carbocycles. The molecule has 134 valence electrons. The van der Waals surface area contributed by atoms with Crippen molar-refractivity contribution in [3.05, 3.63) is 35.4 Å². The van der Waals surface area contributed by atoms with Crippen LogP contribution in [0.2, 0.25) is 0 Å². The normalized spacial score (nSPS) is 21.6. The number of piperidine rings is 1. The van der Waals surface area contributed by atoms with Gasteiger partial charge in [0, 0.05) is 32.7 Å². The zero-order valence-corrected chi connectivity index (χ0v) is 14.2. The molecule has 2 N–H and O–H groups in total. The van der Waals surface area contributed by atoms with Crippen molar-refractivity contribution in [1.29, 1.82) is 0 Å². The Morgan fingerprint density at radius 1 is 1.33 bits per heavy atom. The lowest BCUT2D eigenvalue weighted by Gasteiger charge is -2.38. The second kappa shape index (κ2) is 8.00. The number of halogens is 2. The van der Waals surface area contributed by atoms with Crippen LogP contribution in [0.5, 0.6) is 0 Å². The van der Waals surface area contributed by atoms with Gasteiger partial charge in [0.05, 0.1) is 0 Å². The number of nitrogens with zero attached hydrogens (tertiary/aromatic N) is 2. The Morgan fingerprint density at radius 2 is 2.08 bits per heavy atom. The first-order chi connectivity index (χ1) is 11.3. The van der Waals surface area contributed by atoms with Gasteiger partial charge in [-0.2, -0.15) is 0 Å². The van der Waals surface area contributed by atoms with Gasteiger partial charge in [0.1, 0.15) is 0 Å². The maximum atomic E-state index is 13.3. The second-order valence-corrected chi connectivity index (χ2v) is 6.59. The predicted molar refractivity (Wildman–Crippen MR) is 87.4 cm³/mol. The van der Waals surface area contributed by atoms with Gasteiger partial charge in [0.25, 0.3) is 5.91 Å². The Morgan fingerprint density at radius 3 is 2.75 bits per heavy atom. The molecule has 1 aliphatic rings. The van der Waals surface area contributed by atoms with E-state index in [4.69, 9.17) is 0 Å². The molecule has 0 aliphatic carbocycles. The fourth-order valence-corrected chi connectivity index (χ4v) is 2.84. The van der Waals surface area contributed by atoms with E-state index < -0.39 is 17.2 Å². The standard InChI is InChI=1S/C17H25F2N3O2/c1-21(2)9-7-20-12-17(24)6-3-8-22(16(17)23)11-13-4-5-14(18)15(19)10-13/h4-5,10,20,24H,3,6-9,11-12H2,1-2H3. The highest BCUT2D eigenvalue weighted by Gasteiger charge is 2.41. The third-order valence-corrected chi connectivity index (χ3v) is 4.21. The Hall–Kier alpha value is -1.57. The molecule has 0 radical (unpaired) electrons. The van der Waals surface area contributed by atoms with Crippen LogP contribution in [0.4, 0.5) is 8.78 Å². The number of carbonyl (C=O) groups excluding carboxylic acids is 1. The molecule has 1 saturated heterocycles. The van der Waals surface area contributed by atoms with Crippen molar-refractivity contribution < 1.29 is 18.7 Å². The summed E-state index contributed by atoms with van der Waals surface area (Å²) in [4.78, 5) is 16.1. The molecule has 1 fully saturated rings. The minimum Gasteiger partial charge on any atom is -0.379 e. The fourth-order valence-electron chi connectivity index (χ4n) is 2.84. The van der Waals surface area contributed by atoms with Crippen molar-refractivity contribution in [2.24, 2.45) is 0 Å². The Bertz CT molecular complexity index is 583. The molecular weight excluding hydrogens is 316 g/mol. The lowest BCUT2D eigenvalue weighted by atomic mass is 9.91. The van der Waals surface area contributed by atoms with E-state index in [1.54, 1.807) is 0 Å². The molecule has 24 heavy (non-hydrogen) atoms. The maximum Gasteiger partial charge on any atom is 0.256 e. The quantitative estimate of drug-likeness (QED) is 0.726. The Balaban J connectivity index is 1.96. The Labute approximate surface area is 141 Å². The van der Waals surface area contributed by atoms with Gasteiger partial charge in [-0.25, -0.2) is 8.78 Å². The van der Waals surface area contributed by atoms with Crippen LogP contribution in [0, 0.1) is 11.6 Å². The van der Waals surface area contributed by atoms with Gasteiger partial charge >= 0.3 is 0 Å². The molecule has 1 aromatic carbocycles. The van der Waals surface area contributed by atoms with Crippen LogP contribution in [-0.4, -0.2) is 66.7 Å². The molecule has 1 heterocycles. The van der Waals surface area contributed by atoms with E-state index in [2.05, 4.69) is 5.32 Å². The lowest BCUT2D eigenvalue weighted by Crippen LogP contribution is -2.58. The summed E-state index contributed by atoms with van der Waals surface area (Å²) in [5.41, 5.74) is -0.935. The van der Waals surface area contributed by atoms with Crippen LogP contribution in [-0.2, 0) is 11.3 Å². The van der Waals surface area contributed by atoms with Crippen molar-refractivity contribution in [2.75, 3.05) is 40.3 Å². The zero-order chi connectivity index (χ0) is 17.7. The molecule has 5 nitrogen and oxygen atoms in total. The molecule has 1 unspecified atom stereocenters. The number of rotatable bonds is 7. The van der Waals surface area contributed by atoms with Gasteiger partial charge < -0.3 is 20.2 Å². The number of nitrogens with one attached hydrogen (secondary N) is 1. The molecule has 1 aliphatic heterocycles. The average Bonchev–Trinajstić information content (AvgIpc) is 2.52. The summed E-state index contributed by atoms with van der Waals surface area (Å²) >= 11 is 0. The number of aliphatic hydroxyl groups is 1. The van der Waals surface area contributed by atoms with Crippen LogP contribution in [0.25, 0.3) is 0 Å². The molecular formula is C17H25F2N3O2. The van der Waals surface area contributed by atoms with Gasteiger partial charge in [0.2, 0.25) is 0 Å². The fraction of sp³-hybridized carbons (Fsp3) is 0.588. The second-order valence-electron chi connectivity index (χ2n) is 6.59. The number of benzene rings is 1. The summed E-state index contributed by atoms with van der Waals surface area (Å²) in [6.45, 7) is 2.33. The van der Waals surface area contributed by atoms with Gasteiger partial charge in [-0.3, -0.25) is 4.79 Å². The molecule has 7 heteroatoms. The van der Waals surface area contributed by atoms with E-state index in [1.807, 2.05) is 19.0 Å². The summed E-state index contributed by atoms with van der Waals surface area (Å²) in [5.74, 6) is -2.21. The number of likely N-dealkylation sites (N-methyl/N-ethyl adjacent to an activating group) is 1. The average molecular weight is 341 g/mol. The summed E-state index contributed by atoms with van der Waals surface area (Å²) in [5, 5.41) is 13.8. The molecule has 2 rings (SSSR count). The molecule has 0 bridgehead atoms. The van der Waals surface area contributed by atoms with Crippen LogP contribution in [0.15, 0.2) is 18.2 Å². The molecule has 0 spiro atoms. The van der Waals surface area contributed by atoms with Gasteiger partial charge in [-0.05, 0) is 44.6 Å². The minimum absolute atomic E-state index is 0.163. The number of likely N-dealkylation sites (tertiary alicyclic amines) is 1. The van der Waals surface area contributed by atoms with Crippen molar-refractivity contribution in [1.82, 2.24) is 15.1 Å². The van der Waals surface area contributed by atoms with E-state index in [1.165, 1.54) is 11.0 Å². The number of carbonyl (C=O) groups is 1. The number of hydrogen-bond donors (Lipinski definition) is 2. The molecule has 0 aromatic heterocycles. The van der Waals surface area contributed by atoms with E-state index in [9.17, 15) is 18.7 Å². The van der Waals surface area contributed by atoms with E-state index in [-0.39, 0.29) is 19.0 Å². The minimum atomic E-state index is -1.44. The summed E-state index contributed by atoms with van der Waals surface area (Å²) in [6.07, 6.45) is 1.07. The van der Waals surface area contributed by atoms with Gasteiger partial charge in [-0.15, -0.1) is 0 Å². The summed E-state index contributed by atoms with van der Waals surface area (Å²) < 4.78 is 26.3.